The molecule has 210 valence electrons. The molecule has 2 aliphatic rings. The first-order chi connectivity index (χ1) is 18.8. The first-order valence-electron chi connectivity index (χ1n) is 13.0. The number of carboxylic acid groups (broad SMARTS) is 1. The van der Waals surface area contributed by atoms with Gasteiger partial charge in [0.25, 0.3) is 11.8 Å². The summed E-state index contributed by atoms with van der Waals surface area (Å²) in [5.41, 5.74) is -0.185. The van der Waals surface area contributed by atoms with Crippen molar-refractivity contribution >= 4 is 63.6 Å². The molecule has 2 amide bonds. The van der Waals surface area contributed by atoms with E-state index in [1.807, 2.05) is 0 Å². The summed E-state index contributed by atoms with van der Waals surface area (Å²) in [6, 6.07) is 10.5. The Morgan fingerprint density at radius 2 is 1.90 bits per heavy atom. The van der Waals surface area contributed by atoms with Crippen LogP contribution in [0.15, 0.2) is 41.3 Å². The average molecular weight is 582 g/mol. The third kappa shape index (κ3) is 6.32. The van der Waals surface area contributed by atoms with E-state index in [9.17, 15) is 24.3 Å². The number of aromatic nitrogens is 1. The Kier molecular flexibility index (Phi) is 8.57. The van der Waals surface area contributed by atoms with E-state index in [2.05, 4.69) is 10.3 Å². The van der Waals surface area contributed by atoms with Crippen LogP contribution in [0.4, 0.5) is 5.69 Å². The summed E-state index contributed by atoms with van der Waals surface area (Å²) in [6.45, 7) is 5.66. The van der Waals surface area contributed by atoms with Crippen LogP contribution in [0.3, 0.4) is 0 Å². The van der Waals surface area contributed by atoms with Crippen molar-refractivity contribution in [2.45, 2.75) is 58.5 Å². The quantitative estimate of drug-likeness (QED) is 0.206. The predicted molar refractivity (Wildman–Crippen MR) is 157 cm³/mol. The van der Waals surface area contributed by atoms with Crippen LogP contribution in [-0.4, -0.2) is 54.5 Å². The number of aliphatic hydroxyl groups is 1. The summed E-state index contributed by atoms with van der Waals surface area (Å²) in [5.74, 6) is -1.92. The second kappa shape index (κ2) is 11.6. The number of aliphatic carboxylic acids is 1. The number of thioether (sulfide) groups is 1. The molecule has 1 saturated heterocycles. The molecule has 11 heteroatoms. The number of hydrogen-bond acceptors (Lipinski definition) is 8. The zero-order valence-corrected chi connectivity index (χ0v) is 24.2. The van der Waals surface area contributed by atoms with Crippen molar-refractivity contribution in [2.75, 3.05) is 11.9 Å². The molecule has 2 aromatic rings. The molecule has 1 aromatic carbocycles. The van der Waals surface area contributed by atoms with Gasteiger partial charge in [-0.05, 0) is 43.2 Å². The van der Waals surface area contributed by atoms with Crippen LogP contribution in [0.2, 0.25) is 0 Å². The Balaban J connectivity index is 1.53. The summed E-state index contributed by atoms with van der Waals surface area (Å²) in [6.07, 6.45) is 3.33. The number of carbonyl (C=O) groups excluding carboxylic acids is 3. The van der Waals surface area contributed by atoms with Gasteiger partial charge in [0.1, 0.15) is 10.1 Å². The number of anilines is 1. The monoisotopic (exact) mass is 581 g/mol. The van der Waals surface area contributed by atoms with Crippen molar-refractivity contribution < 1.29 is 29.4 Å². The van der Waals surface area contributed by atoms with Crippen LogP contribution < -0.4 is 5.32 Å². The van der Waals surface area contributed by atoms with Crippen LogP contribution in [0.5, 0.6) is 0 Å². The highest BCUT2D eigenvalue weighted by Gasteiger charge is 2.48. The number of amides is 2. The van der Waals surface area contributed by atoms with Crippen LogP contribution >= 0.6 is 24.0 Å². The summed E-state index contributed by atoms with van der Waals surface area (Å²) < 4.78 is 0.450. The van der Waals surface area contributed by atoms with E-state index in [0.29, 0.717) is 63.2 Å². The SMILES string of the molecule is CC(C)(C)C(=O)CC1(O)C(=O)Nc2ccc(-c3cccc(C=C4SC(=S)N(CCCCCC(=O)O)C4=O)n3)cc21. The molecule has 4 rings (SSSR count). The lowest BCUT2D eigenvalue weighted by atomic mass is 9.80. The summed E-state index contributed by atoms with van der Waals surface area (Å²) in [4.78, 5) is 55.7. The zero-order chi connectivity index (χ0) is 29.2. The van der Waals surface area contributed by atoms with Crippen molar-refractivity contribution in [1.82, 2.24) is 9.88 Å². The lowest BCUT2D eigenvalue weighted by Crippen LogP contribution is -2.39. The Bertz CT molecular complexity index is 1430. The van der Waals surface area contributed by atoms with Gasteiger partial charge in [-0.25, -0.2) is 4.98 Å². The van der Waals surface area contributed by atoms with Crippen LogP contribution in [-0.2, 0) is 24.8 Å². The lowest BCUT2D eigenvalue weighted by Gasteiger charge is -2.25. The van der Waals surface area contributed by atoms with Gasteiger partial charge in [0.2, 0.25) is 0 Å². The van der Waals surface area contributed by atoms with Crippen molar-refractivity contribution in [3.05, 3.63) is 52.6 Å². The first-order valence-corrected chi connectivity index (χ1v) is 14.2. The molecular weight excluding hydrogens is 550 g/mol. The van der Waals surface area contributed by atoms with Gasteiger partial charge < -0.3 is 15.5 Å². The predicted octanol–water partition coefficient (Wildman–Crippen LogP) is 4.74. The fourth-order valence-corrected chi connectivity index (χ4v) is 5.71. The molecule has 1 aromatic heterocycles. The van der Waals surface area contributed by atoms with Gasteiger partial charge >= 0.3 is 5.97 Å². The lowest BCUT2D eigenvalue weighted by molar-refractivity contribution is -0.143. The number of carbonyl (C=O) groups is 4. The van der Waals surface area contributed by atoms with E-state index >= 15 is 0 Å². The van der Waals surface area contributed by atoms with Gasteiger partial charge in [0, 0.05) is 41.6 Å². The molecule has 1 atom stereocenters. The number of thiocarbonyl (C=S) groups is 1. The number of rotatable bonds is 10. The molecule has 3 N–H and O–H groups in total. The number of unbranched alkanes of at least 4 members (excludes halogenated alkanes) is 2. The van der Waals surface area contributed by atoms with Gasteiger partial charge in [-0.15, -0.1) is 0 Å². The smallest absolute Gasteiger partial charge is 0.303 e. The molecule has 0 bridgehead atoms. The number of ketones is 1. The number of carboxylic acids is 1. The van der Waals surface area contributed by atoms with Gasteiger partial charge in [-0.3, -0.25) is 24.1 Å². The molecule has 3 heterocycles. The van der Waals surface area contributed by atoms with Crippen molar-refractivity contribution in [3.8, 4) is 11.3 Å². The van der Waals surface area contributed by atoms with E-state index in [1.54, 1.807) is 63.2 Å². The maximum atomic E-state index is 13.0. The molecule has 0 aliphatic carbocycles. The third-order valence-electron chi connectivity index (χ3n) is 6.83. The van der Waals surface area contributed by atoms with E-state index in [1.165, 1.54) is 16.7 Å². The molecule has 40 heavy (non-hydrogen) atoms. The minimum atomic E-state index is -1.98. The van der Waals surface area contributed by atoms with Gasteiger partial charge in [-0.1, -0.05) is 63.3 Å². The first kappa shape index (κ1) is 29.6. The van der Waals surface area contributed by atoms with Gasteiger partial charge in [0.05, 0.1) is 16.3 Å². The normalized spacial score (nSPS) is 19.8. The van der Waals surface area contributed by atoms with E-state index in [4.69, 9.17) is 17.3 Å². The van der Waals surface area contributed by atoms with Crippen LogP contribution in [0.25, 0.3) is 17.3 Å². The largest absolute Gasteiger partial charge is 0.481 e. The second-order valence-electron chi connectivity index (χ2n) is 10.9. The summed E-state index contributed by atoms with van der Waals surface area (Å²) >= 11 is 6.59. The molecule has 0 radical (unpaired) electrons. The molecular formula is C29H31N3O6S2. The number of Topliss-reactive ketones (excluding diaryl/α,β-unsaturated/α-hetero) is 1. The number of nitrogens with one attached hydrogen (secondary N) is 1. The molecule has 1 unspecified atom stereocenters. The number of nitrogens with zero attached hydrogens (tertiary/aromatic N) is 2. The van der Waals surface area contributed by atoms with E-state index < -0.39 is 22.9 Å². The molecule has 0 spiro atoms. The fraction of sp³-hybridized carbons (Fsp3) is 0.379. The van der Waals surface area contributed by atoms with E-state index in [-0.39, 0.29) is 24.5 Å². The van der Waals surface area contributed by atoms with Crippen LogP contribution in [0, 0.1) is 5.41 Å². The third-order valence-corrected chi connectivity index (χ3v) is 8.21. The minimum Gasteiger partial charge on any atom is -0.481 e. The standard InChI is InChI=1S/C29H31N3O6S2/c1-28(2,3)23(33)16-29(38)19-14-17(11-12-21(19)31-26(29)37)20-9-7-8-18(30-20)15-22-25(36)32(27(39)40-22)13-6-4-5-10-24(34)35/h7-9,11-12,14-15,38H,4-6,10,13,16H2,1-3H3,(H,31,37)(H,34,35). The second-order valence-corrected chi connectivity index (χ2v) is 12.6. The van der Waals surface area contributed by atoms with Gasteiger partial charge in [-0.2, -0.15) is 0 Å². The fourth-order valence-electron chi connectivity index (χ4n) is 4.42. The molecule has 0 saturated carbocycles. The number of hydrogen-bond donors (Lipinski definition) is 3. The Labute approximate surface area is 242 Å². The minimum absolute atomic E-state index is 0.103. The number of benzene rings is 1. The average Bonchev–Trinajstić information content (AvgIpc) is 3.29. The maximum absolute atomic E-state index is 13.0. The Hall–Kier alpha value is -3.41. The van der Waals surface area contributed by atoms with Gasteiger partial charge in [0.15, 0.2) is 5.60 Å². The van der Waals surface area contributed by atoms with Crippen molar-refractivity contribution in [3.63, 3.8) is 0 Å². The summed E-state index contributed by atoms with van der Waals surface area (Å²) in [7, 11) is 0. The van der Waals surface area contributed by atoms with Crippen molar-refractivity contribution in [2.24, 2.45) is 5.41 Å². The molecule has 2 aliphatic heterocycles. The topological polar surface area (TPSA) is 137 Å². The highest BCUT2D eigenvalue weighted by atomic mass is 32.2. The highest BCUT2D eigenvalue weighted by Crippen LogP contribution is 2.42. The summed E-state index contributed by atoms with van der Waals surface area (Å²) in [5, 5.41) is 22.7. The van der Waals surface area contributed by atoms with Crippen LogP contribution in [0.1, 0.15) is 64.1 Å². The number of pyridine rings is 1. The Morgan fingerprint density at radius 1 is 1.15 bits per heavy atom. The zero-order valence-electron chi connectivity index (χ0n) is 22.5. The maximum Gasteiger partial charge on any atom is 0.303 e. The molecule has 9 nitrogen and oxygen atoms in total. The number of fused-ring (bicyclic) bond motifs is 1. The molecule has 1 fully saturated rings. The van der Waals surface area contributed by atoms with E-state index in [0.717, 1.165) is 0 Å². The highest BCUT2D eigenvalue weighted by molar-refractivity contribution is 8.26. The van der Waals surface area contributed by atoms with Crippen molar-refractivity contribution in [1.29, 1.82) is 0 Å². The Morgan fingerprint density at radius 3 is 2.60 bits per heavy atom.